The molecule has 1 heterocycles. The number of ether oxygens (including phenoxy) is 1. The van der Waals surface area contributed by atoms with Gasteiger partial charge in [-0.05, 0) is 49.4 Å². The van der Waals surface area contributed by atoms with E-state index >= 15 is 0 Å². The van der Waals surface area contributed by atoms with Gasteiger partial charge >= 0.3 is 6.03 Å². The van der Waals surface area contributed by atoms with Crippen molar-refractivity contribution in [1.29, 1.82) is 0 Å². The molecule has 0 unspecified atom stereocenters. The predicted molar refractivity (Wildman–Crippen MR) is 120 cm³/mol. The van der Waals surface area contributed by atoms with E-state index in [1.807, 2.05) is 60.1 Å². The topological polar surface area (TPSA) is 84.4 Å². The Labute approximate surface area is 181 Å². The molecule has 7 heteroatoms. The first kappa shape index (κ1) is 20.8. The van der Waals surface area contributed by atoms with Crippen LogP contribution in [0.1, 0.15) is 48.0 Å². The van der Waals surface area contributed by atoms with E-state index in [1.165, 1.54) is 19.3 Å². The number of aromatic nitrogens is 1. The lowest BCUT2D eigenvalue weighted by Gasteiger charge is -2.23. The second kappa shape index (κ2) is 9.55. The monoisotopic (exact) mass is 420 g/mol. The molecule has 4 rings (SSSR count). The van der Waals surface area contributed by atoms with Crippen molar-refractivity contribution >= 4 is 22.8 Å². The Morgan fingerprint density at radius 2 is 1.84 bits per heavy atom. The summed E-state index contributed by atoms with van der Waals surface area (Å²) in [5.41, 5.74) is 7.27. The molecule has 2 aromatic carbocycles. The number of nitrogens with zero attached hydrogens (tertiary/aromatic N) is 1. The fourth-order valence-corrected chi connectivity index (χ4v) is 4.03. The van der Waals surface area contributed by atoms with Gasteiger partial charge in [-0.1, -0.05) is 36.8 Å². The normalized spacial score (nSPS) is 14.2. The van der Waals surface area contributed by atoms with Crippen LogP contribution in [0.25, 0.3) is 10.9 Å². The average Bonchev–Trinajstić information content (AvgIpc) is 3.14. The number of nitrogens with one attached hydrogen (secondary N) is 3. The number of aryl methyl sites for hydroxylation is 1. The molecule has 3 N–H and O–H groups in total. The van der Waals surface area contributed by atoms with E-state index in [9.17, 15) is 9.59 Å². The van der Waals surface area contributed by atoms with Crippen molar-refractivity contribution in [3.05, 3.63) is 65.9 Å². The van der Waals surface area contributed by atoms with Crippen LogP contribution in [0.2, 0.25) is 0 Å². The number of rotatable bonds is 5. The molecule has 1 aromatic heterocycles. The van der Waals surface area contributed by atoms with Crippen molar-refractivity contribution in [3.63, 3.8) is 0 Å². The first-order valence-electron chi connectivity index (χ1n) is 10.7. The van der Waals surface area contributed by atoms with Gasteiger partial charge in [0.25, 0.3) is 5.91 Å². The van der Waals surface area contributed by atoms with Gasteiger partial charge in [0, 0.05) is 30.7 Å². The zero-order valence-electron chi connectivity index (χ0n) is 17.7. The number of amides is 3. The molecule has 0 bridgehead atoms. The maximum Gasteiger partial charge on any atom is 0.333 e. The molecule has 1 aliphatic carbocycles. The van der Waals surface area contributed by atoms with Crippen LogP contribution < -0.4 is 20.9 Å². The third-order valence-corrected chi connectivity index (χ3v) is 5.64. The van der Waals surface area contributed by atoms with Gasteiger partial charge in [0.1, 0.15) is 5.75 Å². The second-order valence-electron chi connectivity index (χ2n) is 7.96. The molecule has 162 valence electrons. The SMILES string of the molecule is Cn1cc(C(=O)NNC(=O)NCc2cccc(OC3CCCCC3)c2)c2ccccc21. The van der Waals surface area contributed by atoms with Gasteiger partial charge in [-0.2, -0.15) is 0 Å². The largest absolute Gasteiger partial charge is 0.490 e. The molecule has 0 spiro atoms. The van der Waals surface area contributed by atoms with Crippen LogP contribution in [0.3, 0.4) is 0 Å². The number of hydrogen-bond acceptors (Lipinski definition) is 3. The summed E-state index contributed by atoms with van der Waals surface area (Å²) in [6, 6.07) is 14.9. The molecule has 0 saturated heterocycles. The van der Waals surface area contributed by atoms with Gasteiger partial charge in [-0.25, -0.2) is 10.2 Å². The number of fused-ring (bicyclic) bond motifs is 1. The molecular weight excluding hydrogens is 392 g/mol. The van der Waals surface area contributed by atoms with E-state index in [-0.39, 0.29) is 12.0 Å². The lowest BCUT2D eigenvalue weighted by atomic mass is 9.98. The van der Waals surface area contributed by atoms with Crippen LogP contribution in [-0.4, -0.2) is 22.6 Å². The van der Waals surface area contributed by atoms with Crippen LogP contribution in [0.15, 0.2) is 54.7 Å². The van der Waals surface area contributed by atoms with Crippen molar-refractivity contribution in [3.8, 4) is 5.75 Å². The number of para-hydroxylation sites is 1. The summed E-state index contributed by atoms with van der Waals surface area (Å²) in [6.07, 6.45) is 7.95. The van der Waals surface area contributed by atoms with Crippen LogP contribution in [0, 0.1) is 0 Å². The summed E-state index contributed by atoms with van der Waals surface area (Å²) in [7, 11) is 1.88. The summed E-state index contributed by atoms with van der Waals surface area (Å²) < 4.78 is 7.96. The molecule has 7 nitrogen and oxygen atoms in total. The fraction of sp³-hybridized carbons (Fsp3) is 0.333. The molecule has 1 saturated carbocycles. The highest BCUT2D eigenvalue weighted by molar-refractivity contribution is 6.07. The quantitative estimate of drug-likeness (QED) is 0.545. The van der Waals surface area contributed by atoms with E-state index in [2.05, 4.69) is 16.2 Å². The third kappa shape index (κ3) is 5.17. The molecule has 3 amide bonds. The van der Waals surface area contributed by atoms with Crippen molar-refractivity contribution in [1.82, 2.24) is 20.7 Å². The Balaban J connectivity index is 1.27. The van der Waals surface area contributed by atoms with Gasteiger partial charge in [-0.15, -0.1) is 0 Å². The van der Waals surface area contributed by atoms with Gasteiger partial charge in [0.05, 0.1) is 11.7 Å². The maximum atomic E-state index is 12.5. The number of benzene rings is 2. The smallest absolute Gasteiger partial charge is 0.333 e. The third-order valence-electron chi connectivity index (χ3n) is 5.64. The number of urea groups is 1. The predicted octanol–water partition coefficient (Wildman–Crippen LogP) is 4.03. The number of hydrazine groups is 1. The Hall–Kier alpha value is -3.48. The standard InChI is InChI=1S/C24H28N4O3/c1-28-16-21(20-12-5-6-13-22(20)28)23(29)26-27-24(30)25-15-17-8-7-11-19(14-17)31-18-9-3-2-4-10-18/h5-8,11-14,16,18H,2-4,9-10,15H2,1H3,(H,26,29)(H2,25,27,30). The minimum Gasteiger partial charge on any atom is -0.490 e. The number of carbonyl (C=O) groups excluding carboxylic acids is 2. The maximum absolute atomic E-state index is 12.5. The van der Waals surface area contributed by atoms with E-state index in [0.29, 0.717) is 12.1 Å². The summed E-state index contributed by atoms with van der Waals surface area (Å²) in [5, 5.41) is 3.59. The Bertz CT molecular complexity index is 1070. The van der Waals surface area contributed by atoms with Crippen LogP contribution in [0.4, 0.5) is 4.79 Å². The fourth-order valence-electron chi connectivity index (χ4n) is 4.03. The molecule has 1 aliphatic rings. The Morgan fingerprint density at radius 3 is 2.68 bits per heavy atom. The number of carbonyl (C=O) groups is 2. The highest BCUT2D eigenvalue weighted by atomic mass is 16.5. The van der Waals surface area contributed by atoms with Crippen LogP contribution in [-0.2, 0) is 13.6 Å². The summed E-state index contributed by atoms with van der Waals surface area (Å²) >= 11 is 0. The Kier molecular flexibility index (Phi) is 6.40. The van der Waals surface area contributed by atoms with Gasteiger partial charge in [0.2, 0.25) is 0 Å². The number of hydrogen-bond donors (Lipinski definition) is 3. The molecule has 31 heavy (non-hydrogen) atoms. The van der Waals surface area contributed by atoms with E-state index < -0.39 is 6.03 Å². The van der Waals surface area contributed by atoms with E-state index in [4.69, 9.17) is 4.74 Å². The van der Waals surface area contributed by atoms with E-state index in [1.54, 1.807) is 6.20 Å². The van der Waals surface area contributed by atoms with Crippen LogP contribution in [0.5, 0.6) is 5.75 Å². The molecular formula is C24H28N4O3. The summed E-state index contributed by atoms with van der Waals surface area (Å²) in [6.45, 7) is 0.331. The van der Waals surface area contributed by atoms with Crippen molar-refractivity contribution in [2.75, 3.05) is 0 Å². The lowest BCUT2D eigenvalue weighted by molar-refractivity contribution is 0.0937. The van der Waals surface area contributed by atoms with Crippen molar-refractivity contribution in [2.24, 2.45) is 7.05 Å². The average molecular weight is 421 g/mol. The minimum absolute atomic E-state index is 0.282. The summed E-state index contributed by atoms with van der Waals surface area (Å²) in [4.78, 5) is 24.7. The van der Waals surface area contributed by atoms with Crippen LogP contribution >= 0.6 is 0 Å². The minimum atomic E-state index is -0.479. The molecule has 0 aliphatic heterocycles. The zero-order chi connectivity index (χ0) is 21.6. The van der Waals surface area contributed by atoms with Crippen molar-refractivity contribution < 1.29 is 14.3 Å². The highest BCUT2D eigenvalue weighted by Gasteiger charge is 2.16. The van der Waals surface area contributed by atoms with Crippen molar-refractivity contribution in [2.45, 2.75) is 44.8 Å². The van der Waals surface area contributed by atoms with Gasteiger partial charge in [-0.3, -0.25) is 10.2 Å². The Morgan fingerprint density at radius 1 is 1.03 bits per heavy atom. The molecule has 1 fully saturated rings. The molecule has 0 atom stereocenters. The van der Waals surface area contributed by atoms with E-state index in [0.717, 1.165) is 35.1 Å². The molecule has 3 aromatic rings. The van der Waals surface area contributed by atoms with Gasteiger partial charge in [0.15, 0.2) is 0 Å². The van der Waals surface area contributed by atoms with Gasteiger partial charge < -0.3 is 14.6 Å². The lowest BCUT2D eigenvalue weighted by Crippen LogP contribution is -2.46. The summed E-state index contributed by atoms with van der Waals surface area (Å²) in [5.74, 6) is 0.464. The first-order valence-corrected chi connectivity index (χ1v) is 10.7. The molecule has 0 radical (unpaired) electrons. The first-order chi connectivity index (χ1) is 15.1. The second-order valence-corrected chi connectivity index (χ2v) is 7.96. The highest BCUT2D eigenvalue weighted by Crippen LogP contribution is 2.24. The zero-order valence-corrected chi connectivity index (χ0v) is 17.7.